The Kier molecular flexibility index (Phi) is 3.61. The maximum absolute atomic E-state index is 12.1. The van der Waals surface area contributed by atoms with Crippen LogP contribution in [0.25, 0.3) is 0 Å². The van der Waals surface area contributed by atoms with E-state index >= 15 is 0 Å². The van der Waals surface area contributed by atoms with Gasteiger partial charge in [-0.15, -0.1) is 0 Å². The maximum Gasteiger partial charge on any atom is 0.315 e. The van der Waals surface area contributed by atoms with Gasteiger partial charge in [0.15, 0.2) is 0 Å². The molecule has 0 unspecified atom stereocenters. The van der Waals surface area contributed by atoms with E-state index in [1.54, 1.807) is 0 Å². The SMILES string of the molecule is N=C(N)CCCNC(=O)NC12CC3CC(CC(C3)C1)C2. The van der Waals surface area contributed by atoms with Crippen LogP contribution in [0.2, 0.25) is 0 Å². The van der Waals surface area contributed by atoms with E-state index in [2.05, 4.69) is 10.6 Å². The van der Waals surface area contributed by atoms with Gasteiger partial charge in [-0.1, -0.05) is 0 Å². The van der Waals surface area contributed by atoms with Crippen molar-refractivity contribution in [3.8, 4) is 0 Å². The van der Waals surface area contributed by atoms with E-state index in [4.69, 9.17) is 11.1 Å². The lowest BCUT2D eigenvalue weighted by molar-refractivity contribution is -0.0135. The zero-order valence-corrected chi connectivity index (χ0v) is 12.1. The fourth-order valence-electron chi connectivity index (χ4n) is 5.03. The predicted molar refractivity (Wildman–Crippen MR) is 78.6 cm³/mol. The molecule has 0 aliphatic heterocycles. The van der Waals surface area contributed by atoms with Crippen molar-refractivity contribution in [2.75, 3.05) is 6.54 Å². The molecule has 4 rings (SSSR count). The van der Waals surface area contributed by atoms with Gasteiger partial charge < -0.3 is 16.4 Å². The Morgan fingerprint density at radius 1 is 1.15 bits per heavy atom. The van der Waals surface area contributed by atoms with E-state index in [1.165, 1.54) is 38.5 Å². The largest absolute Gasteiger partial charge is 0.388 e. The van der Waals surface area contributed by atoms with Crippen LogP contribution in [0.3, 0.4) is 0 Å². The summed E-state index contributed by atoms with van der Waals surface area (Å²) in [4.78, 5) is 12.1. The van der Waals surface area contributed by atoms with Gasteiger partial charge in [-0.25, -0.2) is 4.79 Å². The maximum atomic E-state index is 12.1. The molecule has 4 saturated carbocycles. The van der Waals surface area contributed by atoms with Crippen molar-refractivity contribution in [2.45, 2.75) is 56.9 Å². The van der Waals surface area contributed by atoms with Crippen LogP contribution in [0.1, 0.15) is 51.4 Å². The first-order valence-electron chi connectivity index (χ1n) is 7.93. The predicted octanol–water partition coefficient (Wildman–Crippen LogP) is 1.97. The van der Waals surface area contributed by atoms with Crippen molar-refractivity contribution in [1.82, 2.24) is 10.6 Å². The highest BCUT2D eigenvalue weighted by Crippen LogP contribution is 2.55. The number of carbonyl (C=O) groups excluding carboxylic acids is 1. The molecule has 0 aromatic rings. The number of hydrogen-bond donors (Lipinski definition) is 4. The van der Waals surface area contributed by atoms with Gasteiger partial charge in [0.05, 0.1) is 5.84 Å². The number of amidine groups is 1. The van der Waals surface area contributed by atoms with Gasteiger partial charge in [-0.05, 0) is 62.7 Å². The Balaban J connectivity index is 1.47. The average molecular weight is 278 g/mol. The Labute approximate surface area is 120 Å². The molecule has 2 amide bonds. The van der Waals surface area contributed by atoms with Crippen molar-refractivity contribution in [2.24, 2.45) is 23.5 Å². The molecule has 20 heavy (non-hydrogen) atoms. The second kappa shape index (κ2) is 5.26. The van der Waals surface area contributed by atoms with Crippen LogP contribution in [-0.2, 0) is 0 Å². The molecule has 0 spiro atoms. The molecule has 0 aromatic carbocycles. The Hall–Kier alpha value is -1.26. The van der Waals surface area contributed by atoms with E-state index in [9.17, 15) is 4.79 Å². The van der Waals surface area contributed by atoms with E-state index < -0.39 is 0 Å². The van der Waals surface area contributed by atoms with Gasteiger partial charge in [0.1, 0.15) is 0 Å². The molecule has 5 nitrogen and oxygen atoms in total. The highest BCUT2D eigenvalue weighted by Gasteiger charge is 2.51. The van der Waals surface area contributed by atoms with Crippen LogP contribution in [0.15, 0.2) is 0 Å². The molecule has 4 fully saturated rings. The quantitative estimate of drug-likeness (QED) is 0.352. The first-order valence-corrected chi connectivity index (χ1v) is 7.93. The van der Waals surface area contributed by atoms with Gasteiger partial charge in [0, 0.05) is 18.5 Å². The van der Waals surface area contributed by atoms with Gasteiger partial charge in [0.25, 0.3) is 0 Å². The Morgan fingerprint density at radius 3 is 2.20 bits per heavy atom. The fourth-order valence-corrected chi connectivity index (χ4v) is 5.03. The third-order valence-electron chi connectivity index (χ3n) is 5.33. The van der Waals surface area contributed by atoms with Crippen molar-refractivity contribution < 1.29 is 4.79 Å². The molecule has 4 aliphatic carbocycles. The van der Waals surface area contributed by atoms with E-state index in [-0.39, 0.29) is 17.4 Å². The fraction of sp³-hybridized carbons (Fsp3) is 0.867. The molecule has 0 saturated heterocycles. The van der Waals surface area contributed by atoms with Crippen molar-refractivity contribution in [1.29, 1.82) is 5.41 Å². The topological polar surface area (TPSA) is 91.0 Å². The second-order valence-corrected chi connectivity index (χ2v) is 7.21. The lowest BCUT2D eigenvalue weighted by atomic mass is 9.53. The first-order chi connectivity index (χ1) is 9.55. The number of carbonyl (C=O) groups is 1. The normalized spacial score (nSPS) is 37.7. The molecule has 0 aromatic heterocycles. The number of nitrogens with two attached hydrogens (primary N) is 1. The number of rotatable bonds is 5. The molecule has 0 heterocycles. The summed E-state index contributed by atoms with van der Waals surface area (Å²) in [7, 11) is 0. The third kappa shape index (κ3) is 2.91. The smallest absolute Gasteiger partial charge is 0.315 e. The number of amides is 2. The highest BCUT2D eigenvalue weighted by molar-refractivity contribution is 5.77. The van der Waals surface area contributed by atoms with Crippen molar-refractivity contribution in [3.05, 3.63) is 0 Å². The molecule has 112 valence electrons. The number of urea groups is 1. The van der Waals surface area contributed by atoms with Crippen LogP contribution >= 0.6 is 0 Å². The lowest BCUT2D eigenvalue weighted by Gasteiger charge is -2.56. The summed E-state index contributed by atoms with van der Waals surface area (Å²) in [6, 6.07) is -0.0319. The zero-order valence-electron chi connectivity index (χ0n) is 12.1. The molecular formula is C15H26N4O. The second-order valence-electron chi connectivity index (χ2n) is 7.21. The summed E-state index contributed by atoms with van der Waals surface area (Å²) in [5, 5.41) is 13.3. The van der Waals surface area contributed by atoms with E-state index in [0.29, 0.717) is 13.0 Å². The van der Waals surface area contributed by atoms with Crippen LogP contribution < -0.4 is 16.4 Å². The van der Waals surface area contributed by atoms with Crippen molar-refractivity contribution in [3.63, 3.8) is 0 Å². The average Bonchev–Trinajstić information content (AvgIpc) is 2.32. The Morgan fingerprint density at radius 2 is 1.70 bits per heavy atom. The minimum Gasteiger partial charge on any atom is -0.388 e. The molecular weight excluding hydrogens is 252 g/mol. The Bertz CT molecular complexity index is 371. The third-order valence-corrected chi connectivity index (χ3v) is 5.33. The zero-order chi connectivity index (χ0) is 14.2. The summed E-state index contributed by atoms with van der Waals surface area (Å²) in [5.41, 5.74) is 5.38. The summed E-state index contributed by atoms with van der Waals surface area (Å²) >= 11 is 0. The minimum absolute atomic E-state index is 0.0319. The van der Waals surface area contributed by atoms with Gasteiger partial charge in [-0.2, -0.15) is 0 Å². The van der Waals surface area contributed by atoms with Gasteiger partial charge >= 0.3 is 6.03 Å². The molecule has 4 bridgehead atoms. The summed E-state index contributed by atoms with van der Waals surface area (Å²) in [6.07, 6.45) is 9.00. The monoisotopic (exact) mass is 278 g/mol. The molecule has 0 atom stereocenters. The molecule has 5 heteroatoms. The standard InChI is InChI=1S/C15H26N4O/c16-13(17)2-1-3-18-14(20)19-15-7-10-4-11(8-15)6-12(5-10)9-15/h10-12H,1-9H2,(H3,16,17)(H2,18,19,20). The number of nitrogens with one attached hydrogen (secondary N) is 3. The molecule has 4 aliphatic rings. The summed E-state index contributed by atoms with van der Waals surface area (Å²) < 4.78 is 0. The van der Waals surface area contributed by atoms with Crippen LogP contribution in [-0.4, -0.2) is 24.0 Å². The van der Waals surface area contributed by atoms with Crippen LogP contribution in [0, 0.1) is 23.2 Å². The van der Waals surface area contributed by atoms with E-state index in [0.717, 1.165) is 24.2 Å². The lowest BCUT2D eigenvalue weighted by Crippen LogP contribution is -2.61. The summed E-state index contributed by atoms with van der Waals surface area (Å²) in [6.45, 7) is 0.595. The van der Waals surface area contributed by atoms with Crippen LogP contribution in [0.5, 0.6) is 0 Å². The molecule has 0 radical (unpaired) electrons. The minimum atomic E-state index is -0.0319. The van der Waals surface area contributed by atoms with E-state index in [1.807, 2.05) is 0 Å². The van der Waals surface area contributed by atoms with Gasteiger partial charge in [-0.3, -0.25) is 5.41 Å². The van der Waals surface area contributed by atoms with Gasteiger partial charge in [0.2, 0.25) is 0 Å². The highest BCUT2D eigenvalue weighted by atomic mass is 16.2. The molecule has 5 N–H and O–H groups in total. The van der Waals surface area contributed by atoms with Crippen LogP contribution in [0.4, 0.5) is 4.79 Å². The number of hydrogen-bond acceptors (Lipinski definition) is 2. The summed E-state index contributed by atoms with van der Waals surface area (Å²) in [5.74, 6) is 2.73. The first kappa shape index (κ1) is 13.7. The van der Waals surface area contributed by atoms with Crippen molar-refractivity contribution >= 4 is 11.9 Å².